The zero-order valence-corrected chi connectivity index (χ0v) is 9.66. The Balaban J connectivity index is 2.57. The SMILES string of the molecule is CC(C)(C)c1ccc(OCC[CH]O)cc1. The Hall–Kier alpha value is -1.02. The Labute approximate surface area is 91.9 Å². The van der Waals surface area contributed by atoms with Gasteiger partial charge >= 0.3 is 0 Å². The number of hydrogen-bond donors (Lipinski definition) is 1. The molecule has 2 heteroatoms. The lowest BCUT2D eigenvalue weighted by atomic mass is 9.87. The van der Waals surface area contributed by atoms with E-state index in [0.717, 1.165) is 12.4 Å². The van der Waals surface area contributed by atoms with Crippen LogP contribution in [0.15, 0.2) is 24.3 Å². The van der Waals surface area contributed by atoms with Gasteiger partial charge in [-0.1, -0.05) is 32.9 Å². The van der Waals surface area contributed by atoms with Crippen molar-refractivity contribution in [1.82, 2.24) is 0 Å². The van der Waals surface area contributed by atoms with Gasteiger partial charge < -0.3 is 9.84 Å². The Morgan fingerprint density at radius 2 is 1.80 bits per heavy atom. The summed E-state index contributed by atoms with van der Waals surface area (Å²) in [5, 5.41) is 8.49. The molecule has 1 radical (unpaired) electrons. The van der Waals surface area contributed by atoms with E-state index in [1.54, 1.807) is 0 Å². The largest absolute Gasteiger partial charge is 0.493 e. The first-order valence-corrected chi connectivity index (χ1v) is 5.23. The van der Waals surface area contributed by atoms with E-state index in [9.17, 15) is 0 Å². The van der Waals surface area contributed by atoms with Gasteiger partial charge in [0.1, 0.15) is 5.75 Å². The molecule has 0 aromatic heterocycles. The second-order valence-electron chi connectivity index (χ2n) is 4.59. The summed E-state index contributed by atoms with van der Waals surface area (Å²) in [4.78, 5) is 0. The van der Waals surface area contributed by atoms with Crippen LogP contribution in [0.4, 0.5) is 0 Å². The molecular formula is C13H19O2. The molecule has 0 saturated heterocycles. The summed E-state index contributed by atoms with van der Waals surface area (Å²) in [6.07, 6.45) is 0.557. The van der Waals surface area contributed by atoms with E-state index in [1.807, 2.05) is 12.1 Å². The van der Waals surface area contributed by atoms with Crippen molar-refractivity contribution in [3.63, 3.8) is 0 Å². The summed E-state index contributed by atoms with van der Waals surface area (Å²) in [6.45, 7) is 8.19. The van der Waals surface area contributed by atoms with Crippen molar-refractivity contribution in [1.29, 1.82) is 0 Å². The Kier molecular flexibility index (Phi) is 4.15. The number of aliphatic hydroxyl groups excluding tert-OH is 1. The lowest BCUT2D eigenvalue weighted by Crippen LogP contribution is -2.10. The lowest BCUT2D eigenvalue weighted by Gasteiger charge is -2.19. The number of hydrogen-bond acceptors (Lipinski definition) is 2. The molecule has 83 valence electrons. The smallest absolute Gasteiger partial charge is 0.119 e. The first-order chi connectivity index (χ1) is 7.04. The molecule has 0 aliphatic rings. The van der Waals surface area contributed by atoms with Crippen LogP contribution in [0.25, 0.3) is 0 Å². The van der Waals surface area contributed by atoms with Gasteiger partial charge in [0.25, 0.3) is 0 Å². The van der Waals surface area contributed by atoms with Gasteiger partial charge in [-0.3, -0.25) is 0 Å². The minimum Gasteiger partial charge on any atom is -0.493 e. The molecule has 0 bridgehead atoms. The molecule has 0 saturated carbocycles. The third-order valence-electron chi connectivity index (χ3n) is 2.24. The molecule has 1 rings (SSSR count). The molecule has 0 heterocycles. The second-order valence-corrected chi connectivity index (χ2v) is 4.59. The van der Waals surface area contributed by atoms with Crippen LogP contribution in [-0.4, -0.2) is 11.7 Å². The maximum Gasteiger partial charge on any atom is 0.119 e. The van der Waals surface area contributed by atoms with Crippen LogP contribution in [0, 0.1) is 6.61 Å². The van der Waals surface area contributed by atoms with Crippen molar-refractivity contribution in [2.45, 2.75) is 32.6 Å². The van der Waals surface area contributed by atoms with E-state index in [4.69, 9.17) is 9.84 Å². The Morgan fingerprint density at radius 3 is 2.27 bits per heavy atom. The Morgan fingerprint density at radius 1 is 1.20 bits per heavy atom. The molecule has 0 fully saturated rings. The number of rotatable bonds is 4. The molecule has 0 atom stereocenters. The van der Waals surface area contributed by atoms with Gasteiger partial charge in [-0.15, -0.1) is 0 Å². The molecule has 0 aliphatic carbocycles. The van der Waals surface area contributed by atoms with E-state index >= 15 is 0 Å². The van der Waals surface area contributed by atoms with E-state index in [0.29, 0.717) is 13.0 Å². The Bertz CT molecular complexity index is 282. The average molecular weight is 207 g/mol. The van der Waals surface area contributed by atoms with E-state index < -0.39 is 0 Å². The predicted octanol–water partition coefficient (Wildman–Crippen LogP) is 3.29. The van der Waals surface area contributed by atoms with Gasteiger partial charge in [0.15, 0.2) is 0 Å². The molecule has 0 amide bonds. The molecule has 1 N–H and O–H groups in total. The minimum atomic E-state index is 0.178. The highest BCUT2D eigenvalue weighted by Crippen LogP contribution is 2.24. The fraction of sp³-hybridized carbons (Fsp3) is 0.462. The molecule has 0 spiro atoms. The maximum atomic E-state index is 8.49. The highest BCUT2D eigenvalue weighted by Gasteiger charge is 2.12. The monoisotopic (exact) mass is 207 g/mol. The summed E-state index contributed by atoms with van der Waals surface area (Å²) >= 11 is 0. The standard InChI is InChI=1S/C13H19O2/c1-13(2,3)11-5-7-12(8-6-11)15-10-4-9-14/h5-9,14H,4,10H2,1-3H3. The second kappa shape index (κ2) is 5.17. The molecule has 1 aromatic carbocycles. The maximum absolute atomic E-state index is 8.49. The van der Waals surface area contributed by atoms with Crippen molar-refractivity contribution < 1.29 is 9.84 Å². The van der Waals surface area contributed by atoms with Crippen LogP contribution >= 0.6 is 0 Å². The van der Waals surface area contributed by atoms with E-state index in [-0.39, 0.29) is 5.41 Å². The highest BCUT2D eigenvalue weighted by molar-refractivity contribution is 5.31. The lowest BCUT2D eigenvalue weighted by molar-refractivity contribution is 0.280. The summed E-state index contributed by atoms with van der Waals surface area (Å²) in [5.41, 5.74) is 1.47. The van der Waals surface area contributed by atoms with Crippen LogP contribution < -0.4 is 4.74 Å². The van der Waals surface area contributed by atoms with E-state index in [1.165, 1.54) is 5.56 Å². The van der Waals surface area contributed by atoms with Crippen molar-refractivity contribution in [3.8, 4) is 5.75 Å². The molecule has 0 aliphatic heterocycles. The molecule has 0 unspecified atom stereocenters. The first-order valence-electron chi connectivity index (χ1n) is 5.23. The predicted molar refractivity (Wildman–Crippen MR) is 61.5 cm³/mol. The number of aliphatic hydroxyl groups is 1. The van der Waals surface area contributed by atoms with Gasteiger partial charge in [0.05, 0.1) is 13.2 Å². The van der Waals surface area contributed by atoms with Crippen LogP contribution in [0.3, 0.4) is 0 Å². The zero-order chi connectivity index (χ0) is 11.3. The van der Waals surface area contributed by atoms with Crippen LogP contribution in [-0.2, 0) is 5.41 Å². The fourth-order valence-corrected chi connectivity index (χ4v) is 1.28. The molecule has 1 aromatic rings. The van der Waals surface area contributed by atoms with E-state index in [2.05, 4.69) is 32.9 Å². The van der Waals surface area contributed by atoms with Crippen molar-refractivity contribution in [2.24, 2.45) is 0 Å². The third-order valence-corrected chi connectivity index (χ3v) is 2.24. The van der Waals surface area contributed by atoms with Crippen molar-refractivity contribution >= 4 is 0 Å². The van der Waals surface area contributed by atoms with Gasteiger partial charge in [0, 0.05) is 6.42 Å². The number of ether oxygens (including phenoxy) is 1. The summed E-state index contributed by atoms with van der Waals surface area (Å²) in [5.74, 6) is 0.852. The quantitative estimate of drug-likeness (QED) is 0.768. The number of benzene rings is 1. The molecule has 15 heavy (non-hydrogen) atoms. The molecule has 2 nitrogen and oxygen atoms in total. The van der Waals surface area contributed by atoms with Crippen LogP contribution in [0.5, 0.6) is 5.75 Å². The first kappa shape index (κ1) is 12.1. The molecular weight excluding hydrogens is 188 g/mol. The van der Waals surface area contributed by atoms with Gasteiger partial charge in [0.2, 0.25) is 0 Å². The van der Waals surface area contributed by atoms with Crippen molar-refractivity contribution in [3.05, 3.63) is 36.4 Å². The topological polar surface area (TPSA) is 29.5 Å². The van der Waals surface area contributed by atoms with Gasteiger partial charge in [-0.05, 0) is 23.1 Å². The minimum absolute atomic E-state index is 0.178. The fourth-order valence-electron chi connectivity index (χ4n) is 1.28. The average Bonchev–Trinajstić information content (AvgIpc) is 2.18. The third kappa shape index (κ3) is 3.92. The van der Waals surface area contributed by atoms with Gasteiger partial charge in [-0.2, -0.15) is 0 Å². The zero-order valence-electron chi connectivity index (χ0n) is 9.66. The van der Waals surface area contributed by atoms with Gasteiger partial charge in [-0.25, -0.2) is 0 Å². The normalized spacial score (nSPS) is 11.5. The van der Waals surface area contributed by atoms with Crippen molar-refractivity contribution in [2.75, 3.05) is 6.61 Å². The summed E-state index contributed by atoms with van der Waals surface area (Å²) in [6, 6.07) is 8.10. The van der Waals surface area contributed by atoms with Crippen LogP contribution in [0.1, 0.15) is 32.8 Å². The highest BCUT2D eigenvalue weighted by atomic mass is 16.5. The van der Waals surface area contributed by atoms with Crippen LogP contribution in [0.2, 0.25) is 0 Å². The summed E-state index contributed by atoms with van der Waals surface area (Å²) in [7, 11) is 0. The summed E-state index contributed by atoms with van der Waals surface area (Å²) < 4.78 is 5.42.